The van der Waals surface area contributed by atoms with Gasteiger partial charge in [-0.2, -0.15) is 13.2 Å². The lowest BCUT2D eigenvalue weighted by Crippen LogP contribution is -2.34. The molecule has 1 rings (SSSR count). The van der Waals surface area contributed by atoms with Gasteiger partial charge in [-0.25, -0.2) is 0 Å². The van der Waals surface area contributed by atoms with Crippen molar-refractivity contribution >= 4 is 11.4 Å². The van der Waals surface area contributed by atoms with Crippen LogP contribution in [0.4, 0.5) is 24.5 Å². The number of nitrogens with two attached hydrogens (primary N) is 1. The summed E-state index contributed by atoms with van der Waals surface area (Å²) in [5.41, 5.74) is 6.50. The van der Waals surface area contributed by atoms with Crippen LogP contribution in [-0.2, 0) is 0 Å². The summed E-state index contributed by atoms with van der Waals surface area (Å²) in [6.07, 6.45) is -3.60. The molecule has 0 aromatic heterocycles. The average molecular weight is 262 g/mol. The van der Waals surface area contributed by atoms with Crippen LogP contribution in [0.2, 0.25) is 0 Å². The highest BCUT2D eigenvalue weighted by Crippen LogP contribution is 2.29. The molecule has 102 valence electrons. The fraction of sp³-hybridized carbons (Fsp3) is 0.500. The molecule has 3 nitrogen and oxygen atoms in total. The summed E-state index contributed by atoms with van der Waals surface area (Å²) in [5.74, 6) is 0.385. The van der Waals surface area contributed by atoms with Crippen molar-refractivity contribution in [3.05, 3.63) is 18.2 Å². The lowest BCUT2D eigenvalue weighted by Gasteiger charge is -2.26. The number of rotatable bonds is 5. The van der Waals surface area contributed by atoms with Gasteiger partial charge in [0.1, 0.15) is 12.3 Å². The maximum atomic E-state index is 12.5. The third-order valence-electron chi connectivity index (χ3n) is 2.45. The van der Waals surface area contributed by atoms with Crippen LogP contribution in [0.5, 0.6) is 5.75 Å². The highest BCUT2D eigenvalue weighted by molar-refractivity contribution is 5.62. The molecule has 0 bridgehead atoms. The molecule has 0 fully saturated rings. The summed E-state index contributed by atoms with van der Waals surface area (Å²) >= 11 is 0. The molecule has 0 saturated carbocycles. The van der Waals surface area contributed by atoms with E-state index in [4.69, 9.17) is 10.5 Å². The molecular formula is C12H17F3N2O. The first kappa shape index (κ1) is 14.5. The van der Waals surface area contributed by atoms with Crippen LogP contribution in [0.3, 0.4) is 0 Å². The van der Waals surface area contributed by atoms with E-state index in [0.717, 1.165) is 0 Å². The number of alkyl halides is 3. The van der Waals surface area contributed by atoms with E-state index in [1.807, 2.05) is 6.92 Å². The van der Waals surface area contributed by atoms with Crippen molar-refractivity contribution in [1.29, 1.82) is 0 Å². The molecule has 18 heavy (non-hydrogen) atoms. The Labute approximate surface area is 104 Å². The smallest absolute Gasteiger partial charge is 0.405 e. The molecule has 0 unspecified atom stereocenters. The van der Waals surface area contributed by atoms with Crippen molar-refractivity contribution in [2.45, 2.75) is 19.5 Å². The van der Waals surface area contributed by atoms with Crippen LogP contribution in [-0.4, -0.2) is 26.4 Å². The van der Waals surface area contributed by atoms with Crippen molar-refractivity contribution in [2.24, 2.45) is 0 Å². The quantitative estimate of drug-likeness (QED) is 0.829. The van der Waals surface area contributed by atoms with Gasteiger partial charge in [-0.05, 0) is 18.6 Å². The highest BCUT2D eigenvalue weighted by atomic mass is 19.4. The third-order valence-corrected chi connectivity index (χ3v) is 2.45. The minimum atomic E-state index is -4.23. The standard InChI is InChI=1S/C12H17F3N2O/c1-3-6-17(8-12(13,14)15)9-4-5-10(16)11(7-9)18-2/h4-5,7H,3,6,8,16H2,1-2H3. The predicted octanol–water partition coefficient (Wildman–Crippen LogP) is 3.06. The Balaban J connectivity index is 2.98. The Morgan fingerprint density at radius 2 is 2.00 bits per heavy atom. The first-order chi connectivity index (χ1) is 8.37. The molecule has 0 aliphatic carbocycles. The Hall–Kier alpha value is -1.59. The first-order valence-electron chi connectivity index (χ1n) is 5.62. The molecule has 0 atom stereocenters. The van der Waals surface area contributed by atoms with E-state index in [1.165, 1.54) is 18.1 Å². The molecular weight excluding hydrogens is 245 g/mol. The topological polar surface area (TPSA) is 38.5 Å². The molecule has 0 aliphatic rings. The van der Waals surface area contributed by atoms with Gasteiger partial charge in [0.2, 0.25) is 0 Å². The number of methoxy groups -OCH3 is 1. The number of ether oxygens (including phenoxy) is 1. The Morgan fingerprint density at radius 3 is 2.50 bits per heavy atom. The van der Waals surface area contributed by atoms with Gasteiger partial charge in [-0.1, -0.05) is 6.92 Å². The predicted molar refractivity (Wildman–Crippen MR) is 66.0 cm³/mol. The number of nitrogen functional groups attached to an aromatic ring is 1. The summed E-state index contributed by atoms with van der Waals surface area (Å²) in [4.78, 5) is 1.27. The lowest BCUT2D eigenvalue weighted by atomic mass is 10.2. The highest BCUT2D eigenvalue weighted by Gasteiger charge is 2.30. The van der Waals surface area contributed by atoms with Crippen molar-refractivity contribution in [3.63, 3.8) is 0 Å². The molecule has 0 radical (unpaired) electrons. The minimum absolute atomic E-state index is 0.326. The zero-order valence-electron chi connectivity index (χ0n) is 10.4. The van der Waals surface area contributed by atoms with Crippen LogP contribution in [0.1, 0.15) is 13.3 Å². The van der Waals surface area contributed by atoms with E-state index in [0.29, 0.717) is 30.1 Å². The van der Waals surface area contributed by atoms with Gasteiger partial charge in [0.15, 0.2) is 0 Å². The molecule has 1 aromatic carbocycles. The van der Waals surface area contributed by atoms with Gasteiger partial charge in [0.25, 0.3) is 0 Å². The summed E-state index contributed by atoms with van der Waals surface area (Å²) in [6.45, 7) is 1.18. The molecule has 6 heteroatoms. The molecule has 0 saturated heterocycles. The molecule has 1 aromatic rings. The average Bonchev–Trinajstić information content (AvgIpc) is 2.27. The van der Waals surface area contributed by atoms with Gasteiger partial charge >= 0.3 is 6.18 Å². The number of nitrogens with zero attached hydrogens (tertiary/aromatic N) is 1. The number of benzene rings is 1. The van der Waals surface area contributed by atoms with Crippen LogP contribution < -0.4 is 15.4 Å². The van der Waals surface area contributed by atoms with Crippen molar-refractivity contribution in [3.8, 4) is 5.75 Å². The van der Waals surface area contributed by atoms with Crippen molar-refractivity contribution in [1.82, 2.24) is 0 Å². The number of hydrogen-bond acceptors (Lipinski definition) is 3. The number of hydrogen-bond donors (Lipinski definition) is 1. The second-order valence-corrected chi connectivity index (χ2v) is 3.96. The Kier molecular flexibility index (Phi) is 4.69. The Morgan fingerprint density at radius 1 is 1.33 bits per heavy atom. The summed E-state index contributed by atoms with van der Waals surface area (Å²) in [6, 6.07) is 4.64. The summed E-state index contributed by atoms with van der Waals surface area (Å²) < 4.78 is 42.4. The second-order valence-electron chi connectivity index (χ2n) is 3.96. The fourth-order valence-electron chi connectivity index (χ4n) is 1.68. The number of halogens is 3. The maximum absolute atomic E-state index is 12.5. The minimum Gasteiger partial charge on any atom is -0.495 e. The molecule has 0 aliphatic heterocycles. The molecule has 0 heterocycles. The fourth-order valence-corrected chi connectivity index (χ4v) is 1.68. The van der Waals surface area contributed by atoms with Crippen LogP contribution >= 0.6 is 0 Å². The molecule has 0 amide bonds. The summed E-state index contributed by atoms with van der Waals surface area (Å²) in [7, 11) is 1.43. The van der Waals surface area contributed by atoms with E-state index in [-0.39, 0.29) is 0 Å². The Bertz CT molecular complexity index is 393. The third kappa shape index (κ3) is 4.01. The monoisotopic (exact) mass is 262 g/mol. The van der Waals surface area contributed by atoms with E-state index in [9.17, 15) is 13.2 Å². The zero-order valence-corrected chi connectivity index (χ0v) is 10.4. The maximum Gasteiger partial charge on any atom is 0.405 e. The number of anilines is 2. The largest absolute Gasteiger partial charge is 0.495 e. The van der Waals surface area contributed by atoms with E-state index < -0.39 is 12.7 Å². The molecule has 2 N–H and O–H groups in total. The van der Waals surface area contributed by atoms with Crippen LogP contribution in [0.25, 0.3) is 0 Å². The van der Waals surface area contributed by atoms with Crippen molar-refractivity contribution in [2.75, 3.05) is 30.8 Å². The van der Waals surface area contributed by atoms with E-state index in [2.05, 4.69) is 0 Å². The normalized spacial score (nSPS) is 11.4. The molecule has 0 spiro atoms. The second kappa shape index (κ2) is 5.84. The van der Waals surface area contributed by atoms with E-state index in [1.54, 1.807) is 12.1 Å². The van der Waals surface area contributed by atoms with Gasteiger partial charge in [-0.3, -0.25) is 0 Å². The van der Waals surface area contributed by atoms with Crippen LogP contribution in [0.15, 0.2) is 18.2 Å². The first-order valence-corrected chi connectivity index (χ1v) is 5.62. The van der Waals surface area contributed by atoms with Crippen LogP contribution in [0, 0.1) is 0 Å². The van der Waals surface area contributed by atoms with Gasteiger partial charge in [-0.15, -0.1) is 0 Å². The van der Waals surface area contributed by atoms with Gasteiger partial charge in [0, 0.05) is 18.3 Å². The van der Waals surface area contributed by atoms with Gasteiger partial charge < -0.3 is 15.4 Å². The van der Waals surface area contributed by atoms with Crippen molar-refractivity contribution < 1.29 is 17.9 Å². The zero-order chi connectivity index (χ0) is 13.8. The van der Waals surface area contributed by atoms with Gasteiger partial charge in [0.05, 0.1) is 12.8 Å². The van der Waals surface area contributed by atoms with E-state index >= 15 is 0 Å². The summed E-state index contributed by atoms with van der Waals surface area (Å²) in [5, 5.41) is 0. The SMILES string of the molecule is CCCN(CC(F)(F)F)c1ccc(N)c(OC)c1. The lowest BCUT2D eigenvalue weighted by molar-refractivity contribution is -0.119.